The lowest BCUT2D eigenvalue weighted by Crippen LogP contribution is -2.27. The normalized spacial score (nSPS) is 16.0. The van der Waals surface area contributed by atoms with Crippen molar-refractivity contribution in [2.45, 2.75) is 25.0 Å². The minimum Gasteiger partial charge on any atom is -0.488 e. The maximum absolute atomic E-state index is 6.31. The number of anilines is 1. The van der Waals surface area contributed by atoms with Gasteiger partial charge in [-0.2, -0.15) is 9.97 Å². The van der Waals surface area contributed by atoms with Gasteiger partial charge in [-0.05, 0) is 42.7 Å². The minimum absolute atomic E-state index is 0.289. The van der Waals surface area contributed by atoms with Crippen molar-refractivity contribution in [3.05, 3.63) is 60.7 Å². The van der Waals surface area contributed by atoms with E-state index < -0.39 is 0 Å². The van der Waals surface area contributed by atoms with E-state index in [2.05, 4.69) is 36.3 Å². The fraction of sp³-hybridized carbons (Fsp3) is 0.231. The van der Waals surface area contributed by atoms with Crippen molar-refractivity contribution in [3.63, 3.8) is 0 Å². The molecule has 9 nitrogen and oxygen atoms in total. The smallest absolute Gasteiger partial charge is 0.228 e. The summed E-state index contributed by atoms with van der Waals surface area (Å²) in [4.78, 5) is 21.4. The van der Waals surface area contributed by atoms with Crippen LogP contribution >= 0.6 is 0 Å². The number of fused-ring (bicyclic) bond motifs is 5. The highest BCUT2D eigenvalue weighted by Crippen LogP contribution is 2.41. The summed E-state index contributed by atoms with van der Waals surface area (Å²) in [5, 5.41) is 4.80. The number of aromatic nitrogens is 5. The van der Waals surface area contributed by atoms with Gasteiger partial charge < -0.3 is 24.5 Å². The lowest BCUT2D eigenvalue weighted by Gasteiger charge is -2.19. The average Bonchev–Trinajstić information content (AvgIpc) is 3.51. The third-order valence-corrected chi connectivity index (χ3v) is 6.48. The molecule has 2 N–H and O–H groups in total. The van der Waals surface area contributed by atoms with Gasteiger partial charge in [0.25, 0.3) is 0 Å². The summed E-state index contributed by atoms with van der Waals surface area (Å²) in [5.74, 6) is 2.37. The van der Waals surface area contributed by atoms with E-state index in [0.717, 1.165) is 45.8 Å². The largest absolute Gasteiger partial charge is 0.488 e. The number of hydrogen-bond acceptors (Lipinski definition) is 8. The summed E-state index contributed by atoms with van der Waals surface area (Å²) in [6, 6.07) is 10.1. The summed E-state index contributed by atoms with van der Waals surface area (Å²) < 4.78 is 18.7. The van der Waals surface area contributed by atoms with E-state index in [4.69, 9.17) is 14.2 Å². The zero-order chi connectivity index (χ0) is 23.4. The highest BCUT2D eigenvalue weighted by atomic mass is 16.6. The van der Waals surface area contributed by atoms with Crippen LogP contribution in [0.15, 0.2) is 55.1 Å². The molecule has 9 heteroatoms. The summed E-state index contributed by atoms with van der Waals surface area (Å²) >= 11 is 0. The maximum Gasteiger partial charge on any atom is 0.228 e. The highest BCUT2D eigenvalue weighted by molar-refractivity contribution is 5.99. The SMILES string of the molecule is CNc1nc2c3c(c[nH]c3n1)-c1ccc3ncc(cc3c1)OCC1(CC1)Oc1cncc(c1)CO2. The van der Waals surface area contributed by atoms with Crippen molar-refractivity contribution in [1.82, 2.24) is 24.9 Å². The molecule has 5 bridgehead atoms. The van der Waals surface area contributed by atoms with Crippen LogP contribution in [0, 0.1) is 0 Å². The van der Waals surface area contributed by atoms with Crippen LogP contribution in [0.2, 0.25) is 0 Å². The van der Waals surface area contributed by atoms with Crippen molar-refractivity contribution in [1.29, 1.82) is 0 Å². The number of ether oxygens (including phenoxy) is 3. The molecule has 4 aromatic heterocycles. The third-order valence-electron chi connectivity index (χ3n) is 6.48. The first-order chi connectivity index (χ1) is 17.2. The molecule has 174 valence electrons. The Morgan fingerprint density at radius 3 is 2.83 bits per heavy atom. The predicted molar refractivity (Wildman–Crippen MR) is 131 cm³/mol. The first-order valence-corrected chi connectivity index (χ1v) is 11.5. The van der Waals surface area contributed by atoms with Crippen LogP contribution < -0.4 is 19.5 Å². The summed E-state index contributed by atoms with van der Waals surface area (Å²) in [5.41, 5.74) is 4.07. The van der Waals surface area contributed by atoms with Crippen molar-refractivity contribution in [2.24, 2.45) is 0 Å². The Bertz CT molecular complexity index is 1590. The molecule has 35 heavy (non-hydrogen) atoms. The van der Waals surface area contributed by atoms with Gasteiger partial charge >= 0.3 is 0 Å². The molecule has 1 aromatic carbocycles. The lowest BCUT2D eigenvalue weighted by molar-refractivity contribution is 0.107. The van der Waals surface area contributed by atoms with Gasteiger partial charge in [0.1, 0.15) is 36.0 Å². The lowest BCUT2D eigenvalue weighted by atomic mass is 10.0. The molecular weight excluding hydrogens is 444 g/mol. The van der Waals surface area contributed by atoms with Gasteiger partial charge in [-0.15, -0.1) is 0 Å². The molecule has 1 aliphatic carbocycles. The van der Waals surface area contributed by atoms with E-state index in [1.807, 2.05) is 30.5 Å². The number of hydrogen-bond donors (Lipinski definition) is 2. The van der Waals surface area contributed by atoms with Crippen molar-refractivity contribution < 1.29 is 14.2 Å². The monoisotopic (exact) mass is 466 g/mol. The first-order valence-electron chi connectivity index (χ1n) is 11.5. The first kappa shape index (κ1) is 20.0. The summed E-state index contributed by atoms with van der Waals surface area (Å²) in [6.45, 7) is 0.740. The topological polar surface area (TPSA) is 107 Å². The summed E-state index contributed by atoms with van der Waals surface area (Å²) in [6.07, 6.45) is 9.06. The number of nitrogens with zero attached hydrogens (tertiary/aromatic N) is 4. The molecule has 7 rings (SSSR count). The van der Waals surface area contributed by atoms with E-state index in [1.54, 1.807) is 25.6 Å². The van der Waals surface area contributed by atoms with Crippen LogP contribution in [0.3, 0.4) is 0 Å². The predicted octanol–water partition coefficient (Wildman–Crippen LogP) is 4.49. The Kier molecular flexibility index (Phi) is 4.32. The fourth-order valence-corrected chi connectivity index (χ4v) is 4.43. The van der Waals surface area contributed by atoms with E-state index in [1.165, 1.54) is 0 Å². The molecule has 0 atom stereocenters. The van der Waals surface area contributed by atoms with Gasteiger partial charge in [0.05, 0.1) is 23.3 Å². The van der Waals surface area contributed by atoms with Gasteiger partial charge in [0, 0.05) is 36.0 Å². The minimum atomic E-state index is -0.343. The molecule has 0 amide bonds. The maximum atomic E-state index is 6.31. The Labute approximate surface area is 200 Å². The van der Waals surface area contributed by atoms with Gasteiger partial charge in [-0.3, -0.25) is 9.97 Å². The van der Waals surface area contributed by atoms with Crippen molar-refractivity contribution in [3.8, 4) is 28.5 Å². The van der Waals surface area contributed by atoms with Gasteiger partial charge in [0.2, 0.25) is 11.8 Å². The number of nitrogens with one attached hydrogen (secondary N) is 2. The van der Waals surface area contributed by atoms with Crippen LogP contribution in [-0.4, -0.2) is 44.2 Å². The Hall–Kier alpha value is -4.40. The number of rotatable bonds is 1. The van der Waals surface area contributed by atoms with Crippen molar-refractivity contribution in [2.75, 3.05) is 19.0 Å². The van der Waals surface area contributed by atoms with Crippen molar-refractivity contribution >= 4 is 27.9 Å². The number of aromatic amines is 1. The number of H-pyrrole nitrogens is 1. The molecule has 1 spiro atoms. The van der Waals surface area contributed by atoms with Crippen LogP contribution in [0.25, 0.3) is 33.1 Å². The van der Waals surface area contributed by atoms with Gasteiger partial charge in [-0.1, -0.05) is 6.07 Å². The molecule has 0 unspecified atom stereocenters. The standard InChI is InChI=1S/C26H22N6O3/c1-27-25-31-23-22-20(12-30-23)16-2-3-21-17(7-16)8-18(11-29-21)34-14-26(4-5-26)35-19-6-15(9-28-10-19)13-33-24(22)32-25/h2-3,6-12H,4-5,13-14H2,1H3,(H2,27,30,31,32). The average molecular weight is 467 g/mol. The highest BCUT2D eigenvalue weighted by Gasteiger charge is 2.47. The van der Waals surface area contributed by atoms with E-state index >= 15 is 0 Å². The second-order valence-corrected chi connectivity index (χ2v) is 9.00. The Morgan fingerprint density at radius 1 is 1.00 bits per heavy atom. The van der Waals surface area contributed by atoms with Crippen LogP contribution in [0.1, 0.15) is 18.4 Å². The molecule has 0 radical (unpaired) electrons. The van der Waals surface area contributed by atoms with Gasteiger partial charge in [0.15, 0.2) is 0 Å². The second-order valence-electron chi connectivity index (χ2n) is 9.00. The molecule has 5 aromatic rings. The quantitative estimate of drug-likeness (QED) is 0.372. The van der Waals surface area contributed by atoms with Gasteiger partial charge in [-0.25, -0.2) is 0 Å². The molecule has 0 saturated heterocycles. The van der Waals surface area contributed by atoms with E-state index in [-0.39, 0.29) is 12.2 Å². The molecule has 1 aliphatic heterocycles. The molecule has 5 heterocycles. The van der Waals surface area contributed by atoms with Crippen LogP contribution in [0.4, 0.5) is 5.95 Å². The Balaban J connectivity index is 1.41. The molecule has 2 aliphatic rings. The second kappa shape index (κ2) is 7.56. The zero-order valence-electron chi connectivity index (χ0n) is 19.0. The number of benzene rings is 1. The molecule has 1 fully saturated rings. The van der Waals surface area contributed by atoms with E-state index in [9.17, 15) is 0 Å². The summed E-state index contributed by atoms with van der Waals surface area (Å²) in [7, 11) is 1.78. The Morgan fingerprint density at radius 2 is 1.94 bits per heavy atom. The fourth-order valence-electron chi connectivity index (χ4n) is 4.43. The molecular formula is C26H22N6O3. The number of pyridine rings is 2. The van der Waals surface area contributed by atoms with Crippen LogP contribution in [0.5, 0.6) is 17.4 Å². The zero-order valence-corrected chi connectivity index (χ0v) is 19.0. The molecule has 1 saturated carbocycles. The third kappa shape index (κ3) is 3.56. The van der Waals surface area contributed by atoms with Crippen LogP contribution in [-0.2, 0) is 6.61 Å². The van der Waals surface area contributed by atoms with E-state index in [0.29, 0.717) is 35.6 Å².